The maximum atomic E-state index is 12.3. The molecular weight excluding hydrogens is 316 g/mol. The lowest BCUT2D eigenvalue weighted by Gasteiger charge is -2.16. The summed E-state index contributed by atoms with van der Waals surface area (Å²) in [6, 6.07) is 6.30. The zero-order valence-corrected chi connectivity index (χ0v) is 15.6. The molecule has 126 valence electrons. The van der Waals surface area contributed by atoms with Gasteiger partial charge in [-0.2, -0.15) is 5.10 Å². The van der Waals surface area contributed by atoms with Crippen LogP contribution < -0.4 is 5.43 Å². The number of hydrazone groups is 1. The third kappa shape index (κ3) is 3.59. The van der Waals surface area contributed by atoms with Crippen LogP contribution in [0.2, 0.25) is 0 Å². The lowest BCUT2D eigenvalue weighted by molar-refractivity contribution is 0.0959. The van der Waals surface area contributed by atoms with E-state index in [-0.39, 0.29) is 5.91 Å². The molecule has 1 aliphatic rings. The summed E-state index contributed by atoms with van der Waals surface area (Å²) in [7, 11) is 0. The van der Waals surface area contributed by atoms with E-state index in [1.807, 2.05) is 6.07 Å². The van der Waals surface area contributed by atoms with Crippen molar-refractivity contribution in [3.8, 4) is 0 Å². The predicted octanol–water partition coefficient (Wildman–Crippen LogP) is 4.56. The number of carbonyl (C=O) groups is 1. The van der Waals surface area contributed by atoms with Crippen molar-refractivity contribution in [2.45, 2.75) is 47.0 Å². The van der Waals surface area contributed by atoms with Crippen LogP contribution in [0.3, 0.4) is 0 Å². The summed E-state index contributed by atoms with van der Waals surface area (Å²) in [5.41, 5.74) is 8.68. The fraction of sp³-hybridized carbons (Fsp3) is 0.400. The Labute approximate surface area is 147 Å². The van der Waals surface area contributed by atoms with E-state index >= 15 is 0 Å². The van der Waals surface area contributed by atoms with Crippen LogP contribution in [0.25, 0.3) is 0 Å². The van der Waals surface area contributed by atoms with Crippen LogP contribution in [0.4, 0.5) is 0 Å². The Kier molecular flexibility index (Phi) is 4.86. The van der Waals surface area contributed by atoms with Gasteiger partial charge in [0.1, 0.15) is 0 Å². The molecule has 0 aliphatic heterocycles. The van der Waals surface area contributed by atoms with E-state index in [2.05, 4.69) is 50.4 Å². The van der Waals surface area contributed by atoms with Gasteiger partial charge < -0.3 is 0 Å². The lowest BCUT2D eigenvalue weighted by Crippen LogP contribution is -2.16. The number of benzene rings is 1. The van der Waals surface area contributed by atoms with Gasteiger partial charge in [-0.1, -0.05) is 24.6 Å². The lowest BCUT2D eigenvalue weighted by atomic mass is 9.90. The van der Waals surface area contributed by atoms with Gasteiger partial charge in [0.15, 0.2) is 0 Å². The largest absolute Gasteiger partial charge is 0.281 e. The van der Waals surface area contributed by atoms with Crippen molar-refractivity contribution in [2.75, 3.05) is 0 Å². The molecular formula is C20H24N2OS. The molecule has 0 fully saturated rings. The Bertz CT molecular complexity index is 781. The van der Waals surface area contributed by atoms with Crippen LogP contribution in [0.5, 0.6) is 0 Å². The topological polar surface area (TPSA) is 41.5 Å². The molecule has 1 aliphatic carbocycles. The summed E-state index contributed by atoms with van der Waals surface area (Å²) in [6.07, 6.45) is 5.15. The summed E-state index contributed by atoms with van der Waals surface area (Å²) in [5, 5.41) is 4.17. The monoisotopic (exact) mass is 340 g/mol. The molecule has 0 saturated carbocycles. The van der Waals surface area contributed by atoms with Crippen molar-refractivity contribution in [1.82, 2.24) is 5.43 Å². The highest BCUT2D eigenvalue weighted by molar-refractivity contribution is 7.14. The van der Waals surface area contributed by atoms with Crippen LogP contribution in [-0.4, -0.2) is 12.1 Å². The van der Waals surface area contributed by atoms with Crippen molar-refractivity contribution in [3.05, 3.63) is 55.8 Å². The minimum absolute atomic E-state index is 0.110. The Morgan fingerprint density at radius 3 is 2.67 bits per heavy atom. The number of hydrogen-bond acceptors (Lipinski definition) is 3. The highest BCUT2D eigenvalue weighted by Crippen LogP contribution is 2.32. The number of nitrogens with one attached hydrogen (secondary N) is 1. The van der Waals surface area contributed by atoms with E-state index in [1.165, 1.54) is 33.6 Å². The molecule has 0 radical (unpaired) electrons. The second kappa shape index (κ2) is 6.89. The van der Waals surface area contributed by atoms with E-state index in [9.17, 15) is 4.79 Å². The zero-order valence-electron chi connectivity index (χ0n) is 14.8. The molecule has 3 nitrogen and oxygen atoms in total. The second-order valence-electron chi connectivity index (χ2n) is 6.92. The highest BCUT2D eigenvalue weighted by atomic mass is 32.1. The van der Waals surface area contributed by atoms with E-state index in [0.29, 0.717) is 5.92 Å². The van der Waals surface area contributed by atoms with Gasteiger partial charge in [-0.3, -0.25) is 4.79 Å². The number of rotatable bonds is 3. The van der Waals surface area contributed by atoms with E-state index in [4.69, 9.17) is 0 Å². The first-order valence-electron chi connectivity index (χ1n) is 8.47. The van der Waals surface area contributed by atoms with E-state index in [1.54, 1.807) is 17.6 Å². The first kappa shape index (κ1) is 16.9. The maximum Gasteiger partial charge on any atom is 0.281 e. The Morgan fingerprint density at radius 2 is 1.96 bits per heavy atom. The van der Waals surface area contributed by atoms with Crippen LogP contribution >= 0.6 is 11.3 Å². The number of nitrogens with zero attached hydrogens (tertiary/aromatic N) is 1. The number of hydrogen-bond donors (Lipinski definition) is 1. The van der Waals surface area contributed by atoms with Crippen LogP contribution in [0.15, 0.2) is 23.3 Å². The number of fused-ring (bicyclic) bond motifs is 1. The molecule has 4 heteroatoms. The Balaban J connectivity index is 1.70. The maximum absolute atomic E-state index is 12.3. The molecule has 0 unspecified atom stereocenters. The summed E-state index contributed by atoms with van der Waals surface area (Å²) >= 11 is 1.61. The molecule has 0 bridgehead atoms. The van der Waals surface area contributed by atoms with Crippen LogP contribution in [0, 0.1) is 26.7 Å². The smallest absolute Gasteiger partial charge is 0.266 e. The highest BCUT2D eigenvalue weighted by Gasteiger charge is 2.20. The van der Waals surface area contributed by atoms with Crippen LogP contribution in [0.1, 0.15) is 55.7 Å². The summed E-state index contributed by atoms with van der Waals surface area (Å²) < 4.78 is 0. The summed E-state index contributed by atoms with van der Waals surface area (Å²) in [6.45, 7) is 8.49. The second-order valence-corrected chi connectivity index (χ2v) is 8.06. The minimum atomic E-state index is -0.110. The minimum Gasteiger partial charge on any atom is -0.266 e. The average molecular weight is 340 g/mol. The van der Waals surface area contributed by atoms with Gasteiger partial charge in [-0.25, -0.2) is 5.43 Å². The molecule has 1 atom stereocenters. The van der Waals surface area contributed by atoms with Crippen molar-refractivity contribution in [1.29, 1.82) is 0 Å². The molecule has 1 aromatic heterocycles. The zero-order chi connectivity index (χ0) is 17.3. The molecule has 3 rings (SSSR count). The SMILES string of the molecule is Cc1cc(C)c(/C=N\NC(=O)c2cc3c(s2)CC[C@H](C)C3)c(C)c1. The number of aryl methyl sites for hydroxylation is 4. The molecule has 1 heterocycles. The van der Waals surface area contributed by atoms with Gasteiger partial charge in [0, 0.05) is 10.4 Å². The normalized spacial score (nSPS) is 17.1. The molecule has 0 saturated heterocycles. The van der Waals surface area contributed by atoms with Gasteiger partial charge in [0.2, 0.25) is 0 Å². The molecule has 2 aromatic rings. The van der Waals surface area contributed by atoms with Crippen LogP contribution in [-0.2, 0) is 12.8 Å². The quantitative estimate of drug-likeness (QED) is 0.646. The van der Waals surface area contributed by atoms with Gasteiger partial charge in [0.05, 0.1) is 11.1 Å². The number of amides is 1. The Hall–Kier alpha value is -1.94. The summed E-state index contributed by atoms with van der Waals surface area (Å²) in [5.74, 6) is 0.606. The molecule has 1 amide bonds. The van der Waals surface area contributed by atoms with Gasteiger partial charge in [0.25, 0.3) is 5.91 Å². The van der Waals surface area contributed by atoms with Crippen molar-refractivity contribution < 1.29 is 4.79 Å². The summed E-state index contributed by atoms with van der Waals surface area (Å²) in [4.78, 5) is 14.5. The molecule has 0 spiro atoms. The van der Waals surface area contributed by atoms with Gasteiger partial charge >= 0.3 is 0 Å². The molecule has 1 N–H and O–H groups in total. The van der Waals surface area contributed by atoms with E-state index in [0.717, 1.165) is 23.3 Å². The fourth-order valence-electron chi connectivity index (χ4n) is 3.42. The van der Waals surface area contributed by atoms with Crippen molar-refractivity contribution in [3.63, 3.8) is 0 Å². The van der Waals surface area contributed by atoms with E-state index < -0.39 is 0 Å². The molecule has 1 aromatic carbocycles. The average Bonchev–Trinajstić information content (AvgIpc) is 2.92. The number of carbonyl (C=O) groups excluding carboxylic acids is 1. The first-order chi connectivity index (χ1) is 11.4. The molecule has 24 heavy (non-hydrogen) atoms. The standard InChI is InChI=1S/C20H24N2OS/c1-12-5-6-18-16(9-12)10-19(24-18)20(23)22-21-11-17-14(3)7-13(2)8-15(17)4/h7-8,10-12H,5-6,9H2,1-4H3,(H,22,23)/b21-11-/t12-/m0/s1. The van der Waals surface area contributed by atoms with Gasteiger partial charge in [-0.15, -0.1) is 11.3 Å². The number of thiophene rings is 1. The first-order valence-corrected chi connectivity index (χ1v) is 9.28. The van der Waals surface area contributed by atoms with Crippen molar-refractivity contribution >= 4 is 23.5 Å². The third-order valence-electron chi connectivity index (χ3n) is 4.65. The van der Waals surface area contributed by atoms with Crippen molar-refractivity contribution in [2.24, 2.45) is 11.0 Å². The fourth-order valence-corrected chi connectivity index (χ4v) is 4.52. The predicted molar refractivity (Wildman–Crippen MR) is 101 cm³/mol. The Morgan fingerprint density at radius 1 is 1.25 bits per heavy atom. The van der Waals surface area contributed by atoms with Gasteiger partial charge in [-0.05, 0) is 68.7 Å². The third-order valence-corrected chi connectivity index (χ3v) is 5.89.